The summed E-state index contributed by atoms with van der Waals surface area (Å²) in [6.45, 7) is 0. The summed E-state index contributed by atoms with van der Waals surface area (Å²) in [7, 11) is 0. The van der Waals surface area contributed by atoms with E-state index in [4.69, 9.17) is 8.83 Å². The Balaban J connectivity index is 2.59. The summed E-state index contributed by atoms with van der Waals surface area (Å²) in [4.78, 5) is 22.8. The van der Waals surface area contributed by atoms with Gasteiger partial charge in [0.05, 0.1) is 0 Å². The molecule has 0 unspecified atom stereocenters. The Morgan fingerprint density at radius 3 is 1.57 bits per heavy atom. The molecule has 0 amide bonds. The van der Waals surface area contributed by atoms with Crippen LogP contribution in [0.4, 0.5) is 0 Å². The molecular formula is C8H2N2O4. The van der Waals surface area contributed by atoms with Crippen LogP contribution in [0.2, 0.25) is 0 Å². The summed E-state index contributed by atoms with van der Waals surface area (Å²) in [5.41, 5.74) is 1.36. The number of aromatic amines is 2. The molecule has 1 aromatic carbocycles. The van der Waals surface area contributed by atoms with Crippen molar-refractivity contribution in [2.24, 2.45) is 0 Å². The Morgan fingerprint density at radius 1 is 0.714 bits per heavy atom. The van der Waals surface area contributed by atoms with Crippen molar-refractivity contribution in [1.29, 1.82) is 0 Å². The highest BCUT2D eigenvalue weighted by Crippen LogP contribution is 2.43. The second-order valence-electron chi connectivity index (χ2n) is 3.18. The van der Waals surface area contributed by atoms with Gasteiger partial charge in [-0.25, -0.2) is 0 Å². The highest BCUT2D eigenvalue weighted by molar-refractivity contribution is 6.24. The number of H-pyrrole nitrogens is 2. The molecule has 0 bridgehead atoms. The zero-order valence-electron chi connectivity index (χ0n) is 6.63. The van der Waals surface area contributed by atoms with Crippen molar-refractivity contribution in [3.63, 3.8) is 0 Å². The second kappa shape index (κ2) is 1.54. The predicted octanol–water partition coefficient (Wildman–Crippen LogP) is 0.584. The summed E-state index contributed by atoms with van der Waals surface area (Å²) in [5.74, 6) is 0. The van der Waals surface area contributed by atoms with Crippen molar-refractivity contribution >= 4 is 33.1 Å². The summed E-state index contributed by atoms with van der Waals surface area (Å²) in [6, 6.07) is 0. The van der Waals surface area contributed by atoms with Gasteiger partial charge in [0.1, 0.15) is 10.8 Å². The quantitative estimate of drug-likeness (QED) is 0.424. The fourth-order valence-corrected chi connectivity index (χ4v) is 1.68. The third-order valence-corrected chi connectivity index (χ3v) is 2.39. The average molecular weight is 190 g/mol. The topological polar surface area (TPSA) is 92.0 Å². The molecule has 3 heterocycles. The normalized spacial score (nSPS) is 12.9. The molecule has 2 N–H and O–H groups in total. The van der Waals surface area contributed by atoms with Gasteiger partial charge in [0, 0.05) is 0 Å². The van der Waals surface area contributed by atoms with Crippen molar-refractivity contribution in [2.45, 2.75) is 0 Å². The van der Waals surface area contributed by atoms with E-state index >= 15 is 0 Å². The Morgan fingerprint density at radius 2 is 1.14 bits per heavy atom. The Kier molecular flexibility index (Phi) is 0.690. The molecule has 3 aromatic heterocycles. The average Bonchev–Trinajstić information content (AvgIpc) is 2.98. The molecule has 0 saturated heterocycles. The standard InChI is InChI=1S/C8H2N2O4/c11-7-1-2(8(12)10-9-7)4-6(14-4)5-3(1)13-5/h(H,9,11)(H,10,12). The minimum Gasteiger partial charge on any atom is -0.444 e. The van der Waals surface area contributed by atoms with Crippen LogP contribution in [0.5, 0.6) is 0 Å². The van der Waals surface area contributed by atoms with Crippen LogP contribution in [0, 0.1) is 0 Å². The maximum atomic E-state index is 11.4. The zero-order chi connectivity index (χ0) is 9.45. The van der Waals surface area contributed by atoms with E-state index in [2.05, 4.69) is 10.2 Å². The lowest BCUT2D eigenvalue weighted by Gasteiger charge is -1.86. The van der Waals surface area contributed by atoms with Gasteiger partial charge < -0.3 is 8.83 Å². The highest BCUT2D eigenvalue weighted by atomic mass is 16.4. The first-order valence-corrected chi connectivity index (χ1v) is 3.97. The van der Waals surface area contributed by atoms with Crippen molar-refractivity contribution in [3.05, 3.63) is 20.7 Å². The number of nitrogens with one attached hydrogen (secondary N) is 2. The van der Waals surface area contributed by atoms with Gasteiger partial charge in [-0.3, -0.25) is 19.8 Å². The maximum absolute atomic E-state index is 11.4. The Hall–Kier alpha value is -2.24. The highest BCUT2D eigenvalue weighted by Gasteiger charge is 2.29. The largest absolute Gasteiger partial charge is 0.444 e. The third kappa shape index (κ3) is 0.499. The molecule has 14 heavy (non-hydrogen) atoms. The number of fused-ring (bicyclic) bond motifs is 6. The first-order chi connectivity index (χ1) is 6.77. The minimum absolute atomic E-state index is 0.278. The van der Waals surface area contributed by atoms with E-state index in [-0.39, 0.29) is 21.9 Å². The SMILES string of the molecule is O=c1[nH][nH]c(=O)c2c3oc3c3oc3c12. The third-order valence-electron chi connectivity index (χ3n) is 2.39. The maximum Gasteiger partial charge on any atom is 0.274 e. The van der Waals surface area contributed by atoms with Gasteiger partial charge in [-0.15, -0.1) is 0 Å². The van der Waals surface area contributed by atoms with Crippen molar-refractivity contribution in [1.82, 2.24) is 10.2 Å². The van der Waals surface area contributed by atoms with Gasteiger partial charge >= 0.3 is 0 Å². The molecule has 4 rings (SSSR count). The monoisotopic (exact) mass is 190 g/mol. The molecule has 0 aliphatic rings. The second-order valence-corrected chi connectivity index (χ2v) is 3.18. The first kappa shape index (κ1) is 6.25. The van der Waals surface area contributed by atoms with Crippen LogP contribution in [0.15, 0.2) is 18.4 Å². The number of hydrogen-bond donors (Lipinski definition) is 2. The summed E-state index contributed by atoms with van der Waals surface area (Å²) < 4.78 is 10.1. The van der Waals surface area contributed by atoms with Crippen LogP contribution in [0.3, 0.4) is 0 Å². The summed E-state index contributed by atoms with van der Waals surface area (Å²) in [6.07, 6.45) is 0. The van der Waals surface area contributed by atoms with Crippen molar-refractivity contribution in [2.75, 3.05) is 0 Å². The lowest BCUT2D eigenvalue weighted by Crippen LogP contribution is -2.18. The van der Waals surface area contributed by atoms with Crippen LogP contribution in [0.25, 0.3) is 33.1 Å². The number of hydrogen-bond acceptors (Lipinski definition) is 4. The van der Waals surface area contributed by atoms with E-state index in [1.165, 1.54) is 0 Å². The number of benzene rings is 1. The molecule has 0 radical (unpaired) electrons. The van der Waals surface area contributed by atoms with E-state index in [1.54, 1.807) is 0 Å². The van der Waals surface area contributed by atoms with Crippen LogP contribution in [-0.4, -0.2) is 10.2 Å². The molecule has 68 valence electrons. The van der Waals surface area contributed by atoms with Gasteiger partial charge in [-0.2, -0.15) is 0 Å². The van der Waals surface area contributed by atoms with Gasteiger partial charge in [-0.05, 0) is 0 Å². The Bertz CT molecular complexity index is 786. The molecule has 0 atom stereocenters. The van der Waals surface area contributed by atoms with Gasteiger partial charge in [-0.1, -0.05) is 0 Å². The smallest absolute Gasteiger partial charge is 0.274 e. The zero-order valence-corrected chi connectivity index (χ0v) is 6.63. The lowest BCUT2D eigenvalue weighted by atomic mass is 10.2. The van der Waals surface area contributed by atoms with Crippen LogP contribution < -0.4 is 11.1 Å². The molecule has 0 aliphatic heterocycles. The molecule has 4 aromatic rings. The number of rotatable bonds is 0. The molecule has 0 fully saturated rings. The van der Waals surface area contributed by atoms with Crippen molar-refractivity contribution < 1.29 is 8.83 Å². The predicted molar refractivity (Wildman–Crippen MR) is 47.1 cm³/mol. The van der Waals surface area contributed by atoms with Crippen molar-refractivity contribution in [3.8, 4) is 0 Å². The summed E-state index contributed by atoms with van der Waals surface area (Å²) in [5, 5.41) is 5.03. The van der Waals surface area contributed by atoms with Crippen LogP contribution >= 0.6 is 0 Å². The first-order valence-electron chi connectivity index (χ1n) is 3.97. The van der Waals surface area contributed by atoms with E-state index in [0.717, 1.165) is 0 Å². The fourth-order valence-electron chi connectivity index (χ4n) is 1.68. The van der Waals surface area contributed by atoms with E-state index in [1.807, 2.05) is 0 Å². The van der Waals surface area contributed by atoms with E-state index in [0.29, 0.717) is 22.3 Å². The fraction of sp³-hybridized carbons (Fsp3) is 0. The Labute approximate surface area is 73.8 Å². The molecular weight excluding hydrogens is 188 g/mol. The van der Waals surface area contributed by atoms with E-state index in [9.17, 15) is 9.59 Å². The lowest BCUT2D eigenvalue weighted by molar-refractivity contribution is 0.733. The van der Waals surface area contributed by atoms with Gasteiger partial charge in [0.15, 0.2) is 11.2 Å². The molecule has 0 aliphatic carbocycles. The molecule has 0 spiro atoms. The summed E-state index contributed by atoms with van der Waals surface area (Å²) >= 11 is 0. The number of aromatic nitrogens is 2. The van der Waals surface area contributed by atoms with Gasteiger partial charge in [0.25, 0.3) is 11.1 Å². The van der Waals surface area contributed by atoms with Crippen LogP contribution in [0.1, 0.15) is 0 Å². The minimum atomic E-state index is -0.369. The van der Waals surface area contributed by atoms with Gasteiger partial charge in [0.2, 0.25) is 11.2 Å². The molecule has 6 heteroatoms. The molecule has 6 nitrogen and oxygen atoms in total. The van der Waals surface area contributed by atoms with Crippen LogP contribution in [-0.2, 0) is 0 Å². The van der Waals surface area contributed by atoms with E-state index < -0.39 is 0 Å². The molecule has 0 saturated carbocycles.